The van der Waals surface area contributed by atoms with Crippen molar-refractivity contribution in [2.45, 2.75) is 69.9 Å². The molecule has 6 rings (SSSR count). The van der Waals surface area contributed by atoms with Crippen LogP contribution in [0, 0.1) is 11.7 Å². The van der Waals surface area contributed by atoms with Crippen LogP contribution in [0.5, 0.6) is 0 Å². The smallest absolute Gasteiger partial charge is 0.276 e. The average molecular weight is 521 g/mol. The number of nitrogens with one attached hydrogen (secondary N) is 3. The number of carbonyl (C=O) groups is 2. The van der Waals surface area contributed by atoms with E-state index < -0.39 is 11.7 Å². The lowest BCUT2D eigenvalue weighted by molar-refractivity contribution is -0.131. The summed E-state index contributed by atoms with van der Waals surface area (Å²) in [6.07, 6.45) is 12.9. The Labute approximate surface area is 220 Å². The molecule has 38 heavy (non-hydrogen) atoms. The highest BCUT2D eigenvalue weighted by Gasteiger charge is 2.28. The largest absolute Gasteiger partial charge is 0.379 e. The third-order valence-corrected chi connectivity index (χ3v) is 7.78. The van der Waals surface area contributed by atoms with Gasteiger partial charge in [-0.1, -0.05) is 0 Å². The summed E-state index contributed by atoms with van der Waals surface area (Å²) in [6.45, 7) is 1.82. The summed E-state index contributed by atoms with van der Waals surface area (Å²) in [7, 11) is 0. The van der Waals surface area contributed by atoms with E-state index >= 15 is 0 Å². The number of anilines is 3. The van der Waals surface area contributed by atoms with Gasteiger partial charge in [-0.15, -0.1) is 5.10 Å². The number of halogens is 1. The minimum Gasteiger partial charge on any atom is -0.379 e. The van der Waals surface area contributed by atoms with Crippen LogP contribution in [0.3, 0.4) is 0 Å². The highest BCUT2D eigenvalue weighted by Crippen LogP contribution is 2.32. The molecule has 0 unspecified atom stereocenters. The molecule has 3 N–H and O–H groups in total. The summed E-state index contributed by atoms with van der Waals surface area (Å²) in [5.41, 5.74) is 1.62. The van der Waals surface area contributed by atoms with Gasteiger partial charge in [0.25, 0.3) is 5.91 Å². The fourth-order valence-corrected chi connectivity index (χ4v) is 5.47. The Morgan fingerprint density at radius 3 is 2.45 bits per heavy atom. The van der Waals surface area contributed by atoms with Gasteiger partial charge < -0.3 is 20.9 Å². The van der Waals surface area contributed by atoms with E-state index in [-0.39, 0.29) is 17.4 Å². The third-order valence-electron chi connectivity index (χ3n) is 7.78. The maximum absolute atomic E-state index is 14.1. The topological polar surface area (TPSA) is 117 Å². The number of fused-ring (bicyclic) bond motifs is 1. The Balaban J connectivity index is 1.16. The Kier molecular flexibility index (Phi) is 6.82. The standard InChI is InChI=1S/C27H33FN8O2/c28-20-15-29-10-9-21(20)33-27(38)23-16-30-26-22(31-18-7-8-18)14-24(34-36(23)26)32-19-5-3-17(4-6-19)13-25(37)35-11-1-2-12-35/h9-10,14-19,31H,1-8,11-13H2,(H,32,34)(H,29,33,38). The summed E-state index contributed by atoms with van der Waals surface area (Å²) in [5, 5.41) is 14.3. The molecule has 4 heterocycles. The molecule has 200 valence electrons. The van der Waals surface area contributed by atoms with Crippen molar-refractivity contribution in [1.82, 2.24) is 24.5 Å². The second-order valence-corrected chi connectivity index (χ2v) is 10.7. The second kappa shape index (κ2) is 10.5. The van der Waals surface area contributed by atoms with Crippen LogP contribution in [0.2, 0.25) is 0 Å². The summed E-state index contributed by atoms with van der Waals surface area (Å²) in [5.74, 6) is 0.270. The Hall–Kier alpha value is -3.76. The number of carbonyl (C=O) groups excluding carboxylic acids is 2. The first-order valence-corrected chi connectivity index (χ1v) is 13.6. The third kappa shape index (κ3) is 5.41. The molecule has 10 nitrogen and oxygen atoms in total. The van der Waals surface area contributed by atoms with Crippen molar-refractivity contribution in [3.05, 3.63) is 42.2 Å². The predicted molar refractivity (Wildman–Crippen MR) is 142 cm³/mol. The number of hydrogen-bond acceptors (Lipinski definition) is 7. The van der Waals surface area contributed by atoms with Crippen LogP contribution in [0.15, 0.2) is 30.7 Å². The minimum absolute atomic E-state index is 0.0468. The lowest BCUT2D eigenvalue weighted by Crippen LogP contribution is -2.32. The Morgan fingerprint density at radius 1 is 0.974 bits per heavy atom. The molecule has 0 spiro atoms. The average Bonchev–Trinajstić information content (AvgIpc) is 3.37. The molecule has 2 amide bonds. The Bertz CT molecular complexity index is 1330. The molecule has 3 aromatic rings. The van der Waals surface area contributed by atoms with E-state index in [9.17, 15) is 14.0 Å². The van der Waals surface area contributed by atoms with E-state index in [0.717, 1.165) is 76.3 Å². The molecule has 0 bridgehead atoms. The number of hydrogen-bond donors (Lipinski definition) is 3. The van der Waals surface area contributed by atoms with Gasteiger partial charge in [0.05, 0.1) is 23.8 Å². The number of imidazole rings is 1. The van der Waals surface area contributed by atoms with E-state index in [2.05, 4.69) is 25.9 Å². The van der Waals surface area contributed by atoms with Crippen molar-refractivity contribution in [3.8, 4) is 0 Å². The highest BCUT2D eigenvalue weighted by molar-refractivity contribution is 6.03. The molecule has 0 aromatic carbocycles. The van der Waals surface area contributed by atoms with Crippen molar-refractivity contribution < 1.29 is 14.0 Å². The van der Waals surface area contributed by atoms with Crippen LogP contribution in [-0.4, -0.2) is 61.5 Å². The molecule has 3 fully saturated rings. The fourth-order valence-electron chi connectivity index (χ4n) is 5.47. The summed E-state index contributed by atoms with van der Waals surface area (Å²) < 4.78 is 15.6. The molecule has 3 aliphatic rings. The molecular formula is C27H33FN8O2. The van der Waals surface area contributed by atoms with Crippen LogP contribution in [-0.2, 0) is 4.79 Å². The van der Waals surface area contributed by atoms with Crippen molar-refractivity contribution in [2.24, 2.45) is 5.92 Å². The lowest BCUT2D eigenvalue weighted by atomic mass is 9.84. The maximum atomic E-state index is 14.1. The van der Waals surface area contributed by atoms with Gasteiger partial charge in [-0.05, 0) is 63.4 Å². The van der Waals surface area contributed by atoms with E-state index in [1.165, 1.54) is 23.0 Å². The normalized spacial score (nSPS) is 21.4. The Morgan fingerprint density at radius 2 is 1.71 bits per heavy atom. The number of amides is 2. The number of pyridine rings is 1. The number of nitrogens with zero attached hydrogens (tertiary/aromatic N) is 5. The second-order valence-electron chi connectivity index (χ2n) is 10.7. The predicted octanol–water partition coefficient (Wildman–Crippen LogP) is 4.07. The maximum Gasteiger partial charge on any atom is 0.276 e. The first kappa shape index (κ1) is 24.6. The first-order valence-electron chi connectivity index (χ1n) is 13.6. The zero-order valence-corrected chi connectivity index (χ0v) is 21.3. The highest BCUT2D eigenvalue weighted by atomic mass is 19.1. The van der Waals surface area contributed by atoms with E-state index in [1.807, 2.05) is 11.0 Å². The van der Waals surface area contributed by atoms with Gasteiger partial charge in [0.15, 0.2) is 17.2 Å². The van der Waals surface area contributed by atoms with Crippen LogP contribution in [0.25, 0.3) is 5.65 Å². The molecule has 1 saturated heterocycles. The van der Waals surface area contributed by atoms with Gasteiger partial charge in [0.1, 0.15) is 5.82 Å². The summed E-state index contributed by atoms with van der Waals surface area (Å²) in [4.78, 5) is 35.8. The quantitative estimate of drug-likeness (QED) is 0.410. The van der Waals surface area contributed by atoms with Crippen LogP contribution >= 0.6 is 0 Å². The van der Waals surface area contributed by atoms with Crippen molar-refractivity contribution in [3.63, 3.8) is 0 Å². The van der Waals surface area contributed by atoms with Gasteiger partial charge in [0, 0.05) is 43.9 Å². The van der Waals surface area contributed by atoms with Crippen molar-refractivity contribution >= 4 is 34.7 Å². The molecule has 2 aliphatic carbocycles. The number of rotatable bonds is 8. The van der Waals surface area contributed by atoms with Crippen molar-refractivity contribution in [1.29, 1.82) is 0 Å². The molecule has 0 radical (unpaired) electrons. The SMILES string of the molecule is O=C(Nc1ccncc1F)c1cnc2c(NC3CC3)cc(NC3CCC(CC(=O)N4CCCC4)CC3)nn12. The van der Waals surface area contributed by atoms with E-state index in [1.54, 1.807) is 0 Å². The van der Waals surface area contributed by atoms with Crippen molar-refractivity contribution in [2.75, 3.05) is 29.0 Å². The number of likely N-dealkylation sites (tertiary alicyclic amines) is 1. The van der Waals surface area contributed by atoms with Crippen LogP contribution in [0.1, 0.15) is 68.3 Å². The van der Waals surface area contributed by atoms with Gasteiger partial charge in [-0.3, -0.25) is 14.6 Å². The van der Waals surface area contributed by atoms with Gasteiger partial charge in [-0.25, -0.2) is 13.9 Å². The monoisotopic (exact) mass is 520 g/mol. The van der Waals surface area contributed by atoms with Gasteiger partial charge in [-0.2, -0.15) is 0 Å². The van der Waals surface area contributed by atoms with Gasteiger partial charge in [0.2, 0.25) is 5.91 Å². The number of aromatic nitrogens is 4. The summed E-state index contributed by atoms with van der Waals surface area (Å²) >= 11 is 0. The van der Waals surface area contributed by atoms with Gasteiger partial charge >= 0.3 is 0 Å². The fraction of sp³-hybridized carbons (Fsp3) is 0.519. The summed E-state index contributed by atoms with van der Waals surface area (Å²) in [6, 6.07) is 3.98. The first-order chi connectivity index (χ1) is 18.5. The lowest BCUT2D eigenvalue weighted by Gasteiger charge is -2.30. The van der Waals surface area contributed by atoms with E-state index in [4.69, 9.17) is 5.10 Å². The molecule has 2 saturated carbocycles. The van der Waals surface area contributed by atoms with Crippen LogP contribution < -0.4 is 16.0 Å². The van der Waals surface area contributed by atoms with E-state index in [0.29, 0.717) is 35.8 Å². The zero-order valence-electron chi connectivity index (χ0n) is 21.3. The molecule has 11 heteroatoms. The molecule has 0 atom stereocenters. The minimum atomic E-state index is -0.612. The molecule has 3 aromatic heterocycles. The zero-order chi connectivity index (χ0) is 26.1. The molecule has 1 aliphatic heterocycles. The van der Waals surface area contributed by atoms with Crippen LogP contribution in [0.4, 0.5) is 21.6 Å². The molecular weight excluding hydrogens is 487 g/mol.